The van der Waals surface area contributed by atoms with Gasteiger partial charge in [-0.2, -0.15) is 0 Å². The van der Waals surface area contributed by atoms with Crippen molar-refractivity contribution in [1.82, 2.24) is 4.90 Å². The number of imide groups is 1. The maximum atomic E-state index is 12.2. The molecule has 1 heterocycles. The van der Waals surface area contributed by atoms with E-state index in [1.165, 1.54) is 0 Å². The van der Waals surface area contributed by atoms with Crippen molar-refractivity contribution in [1.29, 1.82) is 0 Å². The summed E-state index contributed by atoms with van der Waals surface area (Å²) in [6, 6.07) is 3.40. The molecule has 19 heavy (non-hydrogen) atoms. The summed E-state index contributed by atoms with van der Waals surface area (Å²) in [6.45, 7) is 5.41. The van der Waals surface area contributed by atoms with Gasteiger partial charge < -0.3 is 10.5 Å². The highest BCUT2D eigenvalue weighted by atomic mass is 79.9. The molecule has 0 fully saturated rings. The first-order valence-corrected chi connectivity index (χ1v) is 6.61. The minimum Gasteiger partial charge on any atom is -0.443 e. The minimum absolute atomic E-state index is 0.147. The van der Waals surface area contributed by atoms with Crippen LogP contribution in [0.15, 0.2) is 16.6 Å². The molecule has 0 unspecified atom stereocenters. The molecule has 0 bridgehead atoms. The van der Waals surface area contributed by atoms with E-state index in [0.29, 0.717) is 21.3 Å². The fraction of sp³-hybridized carbons (Fsp3) is 0.385. The van der Waals surface area contributed by atoms with Gasteiger partial charge in [-0.15, -0.1) is 0 Å². The molecule has 0 atom stereocenters. The van der Waals surface area contributed by atoms with E-state index in [9.17, 15) is 9.59 Å². The van der Waals surface area contributed by atoms with E-state index >= 15 is 0 Å². The monoisotopic (exact) mass is 326 g/mol. The summed E-state index contributed by atoms with van der Waals surface area (Å²) in [5.41, 5.74) is 6.79. The Morgan fingerprint density at radius 3 is 2.58 bits per heavy atom. The zero-order chi connectivity index (χ0) is 14.4. The maximum Gasteiger partial charge on any atom is 0.417 e. The highest BCUT2D eigenvalue weighted by Crippen LogP contribution is 2.34. The second kappa shape index (κ2) is 4.52. The van der Waals surface area contributed by atoms with Crippen LogP contribution >= 0.6 is 15.9 Å². The number of rotatable bonds is 0. The molecule has 0 spiro atoms. The van der Waals surface area contributed by atoms with Crippen molar-refractivity contribution in [3.05, 3.63) is 27.7 Å². The first-order chi connectivity index (χ1) is 8.70. The lowest BCUT2D eigenvalue weighted by atomic mass is 10.1. The third-order valence-electron chi connectivity index (χ3n) is 2.69. The van der Waals surface area contributed by atoms with Crippen LogP contribution < -0.4 is 5.73 Å². The number of benzene rings is 1. The van der Waals surface area contributed by atoms with E-state index in [0.717, 1.165) is 4.90 Å². The summed E-state index contributed by atoms with van der Waals surface area (Å²) in [5, 5.41) is 0. The van der Waals surface area contributed by atoms with Crippen molar-refractivity contribution >= 4 is 33.6 Å². The molecule has 0 saturated carbocycles. The second-order valence-electron chi connectivity index (χ2n) is 5.36. The Labute approximate surface area is 119 Å². The summed E-state index contributed by atoms with van der Waals surface area (Å²) in [6.07, 6.45) is -0.653. The molecule has 5 nitrogen and oxygen atoms in total. The number of hydrogen-bond acceptors (Lipinski definition) is 4. The van der Waals surface area contributed by atoms with E-state index in [4.69, 9.17) is 10.5 Å². The first kappa shape index (κ1) is 13.9. The third-order valence-corrected chi connectivity index (χ3v) is 3.35. The van der Waals surface area contributed by atoms with Gasteiger partial charge in [0.05, 0.1) is 12.1 Å². The average molecular weight is 327 g/mol. The van der Waals surface area contributed by atoms with Gasteiger partial charge in [0.1, 0.15) is 5.60 Å². The van der Waals surface area contributed by atoms with Crippen LogP contribution in [-0.4, -0.2) is 22.5 Å². The van der Waals surface area contributed by atoms with Crippen molar-refractivity contribution in [2.45, 2.75) is 32.9 Å². The quantitative estimate of drug-likeness (QED) is 0.744. The molecular formula is C13H15BrN2O3. The maximum absolute atomic E-state index is 12.2. The average Bonchev–Trinajstić information content (AvgIpc) is 2.61. The number of carbonyl (C=O) groups is 2. The Morgan fingerprint density at radius 2 is 2.05 bits per heavy atom. The summed E-state index contributed by atoms with van der Waals surface area (Å²) in [7, 11) is 0. The number of fused-ring (bicyclic) bond motifs is 1. The summed E-state index contributed by atoms with van der Waals surface area (Å²) >= 11 is 3.30. The third kappa shape index (κ3) is 2.58. The number of nitrogens with two attached hydrogens (primary N) is 1. The zero-order valence-electron chi connectivity index (χ0n) is 11.0. The van der Waals surface area contributed by atoms with E-state index in [2.05, 4.69) is 15.9 Å². The fourth-order valence-corrected chi connectivity index (χ4v) is 2.41. The highest BCUT2D eigenvalue weighted by molar-refractivity contribution is 9.10. The van der Waals surface area contributed by atoms with Crippen LogP contribution in [-0.2, 0) is 11.3 Å². The van der Waals surface area contributed by atoms with Gasteiger partial charge >= 0.3 is 6.09 Å². The summed E-state index contributed by atoms with van der Waals surface area (Å²) in [5.74, 6) is -0.386. The second-order valence-corrected chi connectivity index (χ2v) is 6.22. The summed E-state index contributed by atoms with van der Waals surface area (Å²) < 4.78 is 5.85. The number of nitrogen functional groups attached to an aromatic ring is 1. The Morgan fingerprint density at radius 1 is 1.42 bits per heavy atom. The van der Waals surface area contributed by atoms with Gasteiger partial charge in [0, 0.05) is 15.7 Å². The SMILES string of the molecule is CC(C)(C)OC(=O)N1Cc2c(N)ccc(Br)c2C1=O. The molecule has 6 heteroatoms. The first-order valence-electron chi connectivity index (χ1n) is 5.82. The lowest BCUT2D eigenvalue weighted by Gasteiger charge is -2.23. The number of hydrogen-bond donors (Lipinski definition) is 1. The van der Waals surface area contributed by atoms with E-state index in [1.54, 1.807) is 32.9 Å². The number of nitrogens with zero attached hydrogens (tertiary/aromatic N) is 1. The van der Waals surface area contributed by atoms with Crippen LogP contribution in [0.25, 0.3) is 0 Å². The van der Waals surface area contributed by atoms with Gasteiger partial charge in [-0.1, -0.05) is 0 Å². The van der Waals surface area contributed by atoms with Crippen molar-refractivity contribution in [2.24, 2.45) is 0 Å². The molecule has 0 saturated heterocycles. The van der Waals surface area contributed by atoms with Gasteiger partial charge in [0.2, 0.25) is 0 Å². The minimum atomic E-state index is -0.653. The predicted octanol–water partition coefficient (Wildman–Crippen LogP) is 2.92. The van der Waals surface area contributed by atoms with Crippen LogP contribution in [0, 0.1) is 0 Å². The van der Waals surface area contributed by atoms with Gasteiger partial charge in [0.25, 0.3) is 5.91 Å². The Hall–Kier alpha value is -1.56. The normalized spacial score (nSPS) is 14.5. The van der Waals surface area contributed by atoms with Crippen LogP contribution in [0.4, 0.5) is 10.5 Å². The molecule has 0 aliphatic carbocycles. The lowest BCUT2D eigenvalue weighted by Crippen LogP contribution is -2.36. The Bertz CT molecular complexity index is 564. The molecule has 2 rings (SSSR count). The van der Waals surface area contributed by atoms with Crippen LogP contribution in [0.5, 0.6) is 0 Å². The van der Waals surface area contributed by atoms with Gasteiger partial charge in [-0.3, -0.25) is 4.79 Å². The number of ether oxygens (including phenoxy) is 1. The van der Waals surface area contributed by atoms with Crippen molar-refractivity contribution in [3.8, 4) is 0 Å². The lowest BCUT2D eigenvalue weighted by molar-refractivity contribution is 0.0248. The molecule has 0 aromatic heterocycles. The Balaban J connectivity index is 2.32. The molecule has 2 amide bonds. The van der Waals surface area contributed by atoms with Crippen molar-refractivity contribution < 1.29 is 14.3 Å². The Kier molecular flexibility index (Phi) is 3.30. The van der Waals surface area contributed by atoms with E-state index < -0.39 is 11.7 Å². The molecule has 0 radical (unpaired) electrons. The van der Waals surface area contributed by atoms with E-state index in [1.807, 2.05) is 0 Å². The molecule has 2 N–H and O–H groups in total. The standard InChI is InChI=1S/C13H15BrN2O3/c1-13(2,3)19-12(18)16-6-7-9(15)5-4-8(14)10(7)11(16)17/h4-5H,6,15H2,1-3H3. The van der Waals surface area contributed by atoms with Crippen molar-refractivity contribution in [3.63, 3.8) is 0 Å². The molecule has 1 aliphatic rings. The highest BCUT2D eigenvalue weighted by Gasteiger charge is 2.37. The van der Waals surface area contributed by atoms with E-state index in [-0.39, 0.29) is 12.5 Å². The predicted molar refractivity (Wildman–Crippen MR) is 74.7 cm³/mol. The van der Waals surface area contributed by atoms with Crippen LogP contribution in [0.1, 0.15) is 36.7 Å². The summed E-state index contributed by atoms with van der Waals surface area (Å²) in [4.78, 5) is 25.3. The smallest absolute Gasteiger partial charge is 0.417 e. The molecule has 1 aliphatic heterocycles. The largest absolute Gasteiger partial charge is 0.443 e. The number of amides is 2. The number of halogens is 1. The number of anilines is 1. The molecule has 102 valence electrons. The molecule has 1 aromatic rings. The fourth-order valence-electron chi connectivity index (χ4n) is 1.87. The van der Waals surface area contributed by atoms with Crippen LogP contribution in [0.3, 0.4) is 0 Å². The van der Waals surface area contributed by atoms with Gasteiger partial charge in [-0.25, -0.2) is 9.69 Å². The topological polar surface area (TPSA) is 72.6 Å². The molecular weight excluding hydrogens is 312 g/mol. The number of carbonyl (C=O) groups excluding carboxylic acids is 2. The van der Waals surface area contributed by atoms with Crippen molar-refractivity contribution in [2.75, 3.05) is 5.73 Å². The van der Waals surface area contributed by atoms with Gasteiger partial charge in [0.15, 0.2) is 0 Å². The van der Waals surface area contributed by atoms with Gasteiger partial charge in [-0.05, 0) is 48.8 Å². The zero-order valence-corrected chi connectivity index (χ0v) is 12.6. The molecule has 1 aromatic carbocycles. The van der Waals surface area contributed by atoms with Crippen LogP contribution in [0.2, 0.25) is 0 Å².